The number of rotatable bonds is 2. The van der Waals surface area contributed by atoms with E-state index in [0.29, 0.717) is 0 Å². The lowest BCUT2D eigenvalue weighted by molar-refractivity contribution is -0.148. The zero-order chi connectivity index (χ0) is 12.2. The standard InChI is InChI=1S/C13H15IO2/c1-13(2,3)16-12(15)9-6-10-4-7-11(14)8-5-10/h4-9H,1-3H3. The fourth-order valence-corrected chi connectivity index (χ4v) is 1.43. The second-order valence-corrected chi connectivity index (χ2v) is 5.66. The maximum absolute atomic E-state index is 11.4. The van der Waals surface area contributed by atoms with Crippen LogP contribution in [0.25, 0.3) is 6.08 Å². The molecule has 0 aliphatic rings. The van der Waals surface area contributed by atoms with E-state index >= 15 is 0 Å². The number of benzene rings is 1. The van der Waals surface area contributed by atoms with E-state index < -0.39 is 5.60 Å². The molecule has 0 aliphatic heterocycles. The normalized spacial score (nSPS) is 11.8. The smallest absolute Gasteiger partial charge is 0.331 e. The molecule has 0 saturated heterocycles. The van der Waals surface area contributed by atoms with Gasteiger partial charge in [-0.3, -0.25) is 0 Å². The molecule has 0 aromatic heterocycles. The lowest BCUT2D eigenvalue weighted by atomic mass is 10.2. The van der Waals surface area contributed by atoms with Gasteiger partial charge in [-0.1, -0.05) is 12.1 Å². The van der Waals surface area contributed by atoms with Gasteiger partial charge < -0.3 is 4.74 Å². The van der Waals surface area contributed by atoms with E-state index in [1.165, 1.54) is 9.65 Å². The average molecular weight is 330 g/mol. The van der Waals surface area contributed by atoms with Gasteiger partial charge in [0.1, 0.15) is 5.60 Å². The predicted octanol–water partition coefficient (Wildman–Crippen LogP) is 3.65. The maximum atomic E-state index is 11.4. The molecule has 0 radical (unpaired) electrons. The minimum atomic E-state index is -0.437. The van der Waals surface area contributed by atoms with Crippen LogP contribution in [0, 0.1) is 3.57 Å². The predicted molar refractivity (Wildman–Crippen MR) is 74.0 cm³/mol. The summed E-state index contributed by atoms with van der Waals surface area (Å²) in [6.07, 6.45) is 3.21. The van der Waals surface area contributed by atoms with E-state index in [2.05, 4.69) is 22.6 Å². The van der Waals surface area contributed by atoms with Crippen molar-refractivity contribution in [2.75, 3.05) is 0 Å². The fourth-order valence-electron chi connectivity index (χ4n) is 1.07. The summed E-state index contributed by atoms with van der Waals surface area (Å²) < 4.78 is 6.33. The zero-order valence-electron chi connectivity index (χ0n) is 9.66. The van der Waals surface area contributed by atoms with Gasteiger partial charge in [0.2, 0.25) is 0 Å². The summed E-state index contributed by atoms with van der Waals surface area (Å²) in [5.41, 5.74) is 0.555. The minimum Gasteiger partial charge on any atom is -0.457 e. The van der Waals surface area contributed by atoms with Crippen LogP contribution in [0.15, 0.2) is 30.3 Å². The van der Waals surface area contributed by atoms with Gasteiger partial charge in [0.05, 0.1) is 0 Å². The Morgan fingerprint density at radius 1 is 1.25 bits per heavy atom. The molecule has 0 atom stereocenters. The third kappa shape index (κ3) is 5.30. The summed E-state index contributed by atoms with van der Waals surface area (Å²) in [4.78, 5) is 11.4. The molecule has 0 fully saturated rings. The van der Waals surface area contributed by atoms with Crippen molar-refractivity contribution in [2.45, 2.75) is 26.4 Å². The Bertz CT molecular complexity index is 385. The van der Waals surface area contributed by atoms with Crippen molar-refractivity contribution in [2.24, 2.45) is 0 Å². The highest BCUT2D eigenvalue weighted by Gasteiger charge is 2.13. The lowest BCUT2D eigenvalue weighted by Gasteiger charge is -2.17. The average Bonchev–Trinajstić information content (AvgIpc) is 2.14. The van der Waals surface area contributed by atoms with Gasteiger partial charge in [0.25, 0.3) is 0 Å². The molecular formula is C13H15IO2. The first-order valence-electron chi connectivity index (χ1n) is 5.03. The van der Waals surface area contributed by atoms with Gasteiger partial charge in [-0.05, 0) is 67.1 Å². The topological polar surface area (TPSA) is 26.3 Å². The quantitative estimate of drug-likeness (QED) is 0.470. The molecular weight excluding hydrogens is 315 g/mol. The van der Waals surface area contributed by atoms with Gasteiger partial charge in [-0.25, -0.2) is 4.79 Å². The Morgan fingerprint density at radius 3 is 2.31 bits per heavy atom. The summed E-state index contributed by atoms with van der Waals surface area (Å²) in [7, 11) is 0. The second-order valence-electron chi connectivity index (χ2n) is 4.42. The minimum absolute atomic E-state index is 0.314. The highest BCUT2D eigenvalue weighted by atomic mass is 127. The Labute approximate surface area is 110 Å². The first-order valence-corrected chi connectivity index (χ1v) is 6.11. The van der Waals surface area contributed by atoms with Crippen LogP contribution in [0.1, 0.15) is 26.3 Å². The van der Waals surface area contributed by atoms with Gasteiger partial charge in [-0.2, -0.15) is 0 Å². The Hall–Kier alpha value is -0.840. The first-order chi connectivity index (χ1) is 7.37. The van der Waals surface area contributed by atoms with E-state index in [1.807, 2.05) is 45.0 Å². The number of hydrogen-bond acceptors (Lipinski definition) is 2. The van der Waals surface area contributed by atoms with Crippen molar-refractivity contribution in [3.05, 3.63) is 39.5 Å². The molecule has 0 bridgehead atoms. The van der Waals surface area contributed by atoms with E-state index in [9.17, 15) is 4.79 Å². The summed E-state index contributed by atoms with van der Waals surface area (Å²) in [5, 5.41) is 0. The lowest BCUT2D eigenvalue weighted by Crippen LogP contribution is -2.22. The van der Waals surface area contributed by atoms with Crippen LogP contribution in [0.5, 0.6) is 0 Å². The molecule has 0 spiro atoms. The molecule has 0 saturated carbocycles. The number of ether oxygens (including phenoxy) is 1. The number of esters is 1. The number of carbonyl (C=O) groups is 1. The van der Waals surface area contributed by atoms with Crippen LogP contribution >= 0.6 is 22.6 Å². The van der Waals surface area contributed by atoms with Crippen LogP contribution in [-0.2, 0) is 9.53 Å². The molecule has 0 N–H and O–H groups in total. The summed E-state index contributed by atoms with van der Waals surface area (Å²) in [6.45, 7) is 5.55. The summed E-state index contributed by atoms with van der Waals surface area (Å²) in [6, 6.07) is 7.91. The van der Waals surface area contributed by atoms with Crippen molar-refractivity contribution in [3.8, 4) is 0 Å². The zero-order valence-corrected chi connectivity index (χ0v) is 11.8. The molecule has 86 valence electrons. The third-order valence-corrected chi connectivity index (χ3v) is 2.41. The summed E-state index contributed by atoms with van der Waals surface area (Å²) >= 11 is 2.24. The number of halogens is 1. The summed E-state index contributed by atoms with van der Waals surface area (Å²) in [5.74, 6) is -0.314. The van der Waals surface area contributed by atoms with Crippen LogP contribution in [0.3, 0.4) is 0 Å². The monoisotopic (exact) mass is 330 g/mol. The molecule has 0 aliphatic carbocycles. The van der Waals surface area contributed by atoms with E-state index in [-0.39, 0.29) is 5.97 Å². The van der Waals surface area contributed by atoms with Crippen molar-refractivity contribution in [3.63, 3.8) is 0 Å². The van der Waals surface area contributed by atoms with Gasteiger partial charge >= 0.3 is 5.97 Å². The molecule has 0 amide bonds. The molecule has 3 heteroatoms. The largest absolute Gasteiger partial charge is 0.457 e. The number of carbonyl (C=O) groups excluding carboxylic acids is 1. The molecule has 16 heavy (non-hydrogen) atoms. The van der Waals surface area contributed by atoms with E-state index in [1.54, 1.807) is 6.08 Å². The maximum Gasteiger partial charge on any atom is 0.331 e. The van der Waals surface area contributed by atoms with Crippen LogP contribution in [0.2, 0.25) is 0 Å². The highest BCUT2D eigenvalue weighted by molar-refractivity contribution is 14.1. The molecule has 2 nitrogen and oxygen atoms in total. The van der Waals surface area contributed by atoms with Crippen LogP contribution in [-0.4, -0.2) is 11.6 Å². The fraction of sp³-hybridized carbons (Fsp3) is 0.308. The Balaban J connectivity index is 2.60. The third-order valence-electron chi connectivity index (χ3n) is 1.69. The molecule has 1 aromatic rings. The van der Waals surface area contributed by atoms with Crippen molar-refractivity contribution in [1.29, 1.82) is 0 Å². The SMILES string of the molecule is CC(C)(C)OC(=O)C=Cc1ccc(I)cc1. The van der Waals surface area contributed by atoms with E-state index in [0.717, 1.165) is 5.56 Å². The van der Waals surface area contributed by atoms with Gasteiger partial charge in [0, 0.05) is 9.65 Å². The second kappa shape index (κ2) is 5.48. The van der Waals surface area contributed by atoms with Crippen molar-refractivity contribution >= 4 is 34.6 Å². The van der Waals surface area contributed by atoms with Crippen LogP contribution < -0.4 is 0 Å². The van der Waals surface area contributed by atoms with Gasteiger partial charge in [0.15, 0.2) is 0 Å². The Kier molecular flexibility index (Phi) is 4.53. The molecule has 0 unspecified atom stereocenters. The van der Waals surface area contributed by atoms with Crippen LogP contribution in [0.4, 0.5) is 0 Å². The van der Waals surface area contributed by atoms with Crippen molar-refractivity contribution in [1.82, 2.24) is 0 Å². The number of hydrogen-bond donors (Lipinski definition) is 0. The van der Waals surface area contributed by atoms with E-state index in [4.69, 9.17) is 4.74 Å². The van der Waals surface area contributed by atoms with Crippen molar-refractivity contribution < 1.29 is 9.53 Å². The highest BCUT2D eigenvalue weighted by Crippen LogP contribution is 2.10. The molecule has 0 heterocycles. The molecule has 1 aromatic carbocycles. The van der Waals surface area contributed by atoms with Gasteiger partial charge in [-0.15, -0.1) is 0 Å². The molecule has 1 rings (SSSR count). The Morgan fingerprint density at radius 2 is 1.81 bits per heavy atom. The first kappa shape index (κ1) is 13.2.